The molecule has 1 fully saturated rings. The SMILES string of the molecule is C=C(NCC1CC1)Nc1c(C=N)nc(Nc2ccccc2F)n1CC(C)C. The normalized spacial score (nSPS) is 13.5. The number of rotatable bonds is 10. The third-order valence-corrected chi connectivity index (χ3v) is 4.37. The average Bonchev–Trinajstić information content (AvgIpc) is 3.41. The molecular weight excluding hydrogens is 343 g/mol. The van der Waals surface area contributed by atoms with Gasteiger partial charge in [0.2, 0.25) is 5.95 Å². The highest BCUT2D eigenvalue weighted by molar-refractivity contribution is 5.84. The Bertz CT molecular complexity index is 822. The quantitative estimate of drug-likeness (QED) is 0.470. The Morgan fingerprint density at radius 2 is 2.15 bits per heavy atom. The summed E-state index contributed by atoms with van der Waals surface area (Å²) < 4.78 is 16.0. The molecule has 0 amide bonds. The highest BCUT2D eigenvalue weighted by Gasteiger charge is 2.22. The molecule has 6 nitrogen and oxygen atoms in total. The summed E-state index contributed by atoms with van der Waals surface area (Å²) in [5.41, 5.74) is 0.824. The van der Waals surface area contributed by atoms with Gasteiger partial charge < -0.3 is 21.4 Å². The lowest BCUT2D eigenvalue weighted by Crippen LogP contribution is -2.23. The van der Waals surface area contributed by atoms with Crippen molar-refractivity contribution in [2.24, 2.45) is 11.8 Å². The second-order valence-electron chi connectivity index (χ2n) is 7.35. The lowest BCUT2D eigenvalue weighted by molar-refractivity contribution is 0.530. The van der Waals surface area contributed by atoms with Crippen LogP contribution in [0.25, 0.3) is 0 Å². The van der Waals surface area contributed by atoms with E-state index >= 15 is 0 Å². The molecule has 7 heteroatoms. The van der Waals surface area contributed by atoms with Crippen LogP contribution in [0, 0.1) is 23.1 Å². The van der Waals surface area contributed by atoms with Crippen LogP contribution in [0.15, 0.2) is 36.7 Å². The molecule has 144 valence electrons. The zero-order valence-electron chi connectivity index (χ0n) is 15.8. The van der Waals surface area contributed by atoms with Crippen LogP contribution in [-0.4, -0.2) is 22.3 Å². The number of imidazole rings is 1. The van der Waals surface area contributed by atoms with E-state index in [0.717, 1.165) is 12.5 Å². The highest BCUT2D eigenvalue weighted by atomic mass is 19.1. The van der Waals surface area contributed by atoms with Crippen molar-refractivity contribution in [1.29, 1.82) is 5.41 Å². The Hall–Kier alpha value is -2.83. The van der Waals surface area contributed by atoms with Crippen LogP contribution in [0.3, 0.4) is 0 Å². The van der Waals surface area contributed by atoms with E-state index in [4.69, 9.17) is 5.41 Å². The molecule has 1 aromatic carbocycles. The van der Waals surface area contributed by atoms with Crippen LogP contribution in [0.2, 0.25) is 0 Å². The predicted molar refractivity (Wildman–Crippen MR) is 108 cm³/mol. The van der Waals surface area contributed by atoms with Gasteiger partial charge in [-0.25, -0.2) is 9.37 Å². The number of nitrogens with zero attached hydrogens (tertiary/aromatic N) is 2. The molecule has 4 N–H and O–H groups in total. The fourth-order valence-electron chi connectivity index (χ4n) is 2.80. The summed E-state index contributed by atoms with van der Waals surface area (Å²) in [6.07, 6.45) is 3.71. The molecule has 1 aliphatic rings. The van der Waals surface area contributed by atoms with Crippen LogP contribution >= 0.6 is 0 Å². The second-order valence-corrected chi connectivity index (χ2v) is 7.35. The number of nitrogens with one attached hydrogen (secondary N) is 4. The Kier molecular flexibility index (Phi) is 5.78. The number of hydrogen-bond acceptors (Lipinski definition) is 5. The molecule has 0 atom stereocenters. The maximum absolute atomic E-state index is 14.1. The first-order valence-electron chi connectivity index (χ1n) is 9.30. The molecule has 0 spiro atoms. The topological polar surface area (TPSA) is 77.8 Å². The number of hydrogen-bond donors (Lipinski definition) is 4. The van der Waals surface area contributed by atoms with Crippen LogP contribution in [0.4, 0.5) is 21.8 Å². The molecular formula is C20H27FN6. The lowest BCUT2D eigenvalue weighted by atomic mass is 10.2. The van der Waals surface area contributed by atoms with E-state index in [9.17, 15) is 4.39 Å². The van der Waals surface area contributed by atoms with Crippen molar-refractivity contribution in [3.63, 3.8) is 0 Å². The van der Waals surface area contributed by atoms with Crippen molar-refractivity contribution in [2.75, 3.05) is 17.2 Å². The monoisotopic (exact) mass is 370 g/mol. The van der Waals surface area contributed by atoms with Crippen LogP contribution < -0.4 is 16.0 Å². The van der Waals surface area contributed by atoms with E-state index in [1.165, 1.54) is 25.1 Å². The number of anilines is 3. The molecule has 0 saturated heterocycles. The minimum Gasteiger partial charge on any atom is -0.372 e. The van der Waals surface area contributed by atoms with Gasteiger partial charge in [-0.3, -0.25) is 4.57 Å². The fraction of sp³-hybridized carbons (Fsp3) is 0.400. The number of benzene rings is 1. The van der Waals surface area contributed by atoms with Gasteiger partial charge in [-0.2, -0.15) is 0 Å². The average molecular weight is 370 g/mol. The van der Waals surface area contributed by atoms with Gasteiger partial charge in [0.25, 0.3) is 0 Å². The second kappa shape index (κ2) is 8.24. The molecule has 1 aromatic heterocycles. The van der Waals surface area contributed by atoms with Gasteiger partial charge in [0.1, 0.15) is 17.3 Å². The first-order chi connectivity index (χ1) is 13.0. The number of para-hydroxylation sites is 1. The fourth-order valence-corrected chi connectivity index (χ4v) is 2.80. The maximum Gasteiger partial charge on any atom is 0.209 e. The van der Waals surface area contributed by atoms with Crippen molar-refractivity contribution in [3.8, 4) is 0 Å². The molecule has 1 aliphatic carbocycles. The summed E-state index contributed by atoms with van der Waals surface area (Å²) in [7, 11) is 0. The largest absolute Gasteiger partial charge is 0.372 e. The van der Waals surface area contributed by atoms with Crippen LogP contribution in [0.5, 0.6) is 0 Å². The van der Waals surface area contributed by atoms with E-state index in [1.807, 2.05) is 4.57 Å². The number of halogens is 1. The Morgan fingerprint density at radius 3 is 2.78 bits per heavy atom. The predicted octanol–water partition coefficient (Wildman–Crippen LogP) is 4.30. The molecule has 0 unspecified atom stereocenters. The minimum absolute atomic E-state index is 0.340. The molecule has 0 radical (unpaired) electrons. The molecule has 2 aromatic rings. The van der Waals surface area contributed by atoms with Gasteiger partial charge in [0.15, 0.2) is 0 Å². The van der Waals surface area contributed by atoms with Crippen LogP contribution in [-0.2, 0) is 6.54 Å². The summed E-state index contributed by atoms with van der Waals surface area (Å²) in [6.45, 7) is 9.79. The van der Waals surface area contributed by atoms with Crippen molar-refractivity contribution in [1.82, 2.24) is 14.9 Å². The van der Waals surface area contributed by atoms with Crippen molar-refractivity contribution < 1.29 is 4.39 Å². The van der Waals surface area contributed by atoms with Crippen molar-refractivity contribution in [3.05, 3.63) is 48.2 Å². The zero-order valence-corrected chi connectivity index (χ0v) is 15.8. The van der Waals surface area contributed by atoms with Gasteiger partial charge in [0, 0.05) is 19.3 Å². The molecule has 1 saturated carbocycles. The molecule has 1 heterocycles. The summed E-state index contributed by atoms with van der Waals surface area (Å²) in [5.74, 6) is 2.55. The standard InChI is InChI=1S/C20H27FN6/c1-13(2)12-27-19(24-14(3)23-11-15-8-9-15)18(10-22)26-20(27)25-17-7-5-4-6-16(17)21/h4-7,10,13,15,22-24H,3,8-9,11-12H2,1-2H3,(H,25,26). The van der Waals surface area contributed by atoms with Crippen molar-refractivity contribution >= 4 is 23.7 Å². The summed E-state index contributed by atoms with van der Waals surface area (Å²) in [5, 5.41) is 17.3. The molecule has 0 aliphatic heterocycles. The molecule has 3 rings (SSSR count). The first kappa shape index (κ1) is 18.9. The zero-order chi connectivity index (χ0) is 19.4. The number of aromatic nitrogens is 2. The molecule has 27 heavy (non-hydrogen) atoms. The smallest absolute Gasteiger partial charge is 0.209 e. The van der Waals surface area contributed by atoms with E-state index in [0.29, 0.717) is 41.4 Å². The van der Waals surface area contributed by atoms with Crippen LogP contribution in [0.1, 0.15) is 32.4 Å². The Balaban J connectivity index is 1.87. The van der Waals surface area contributed by atoms with Gasteiger partial charge in [-0.05, 0) is 36.8 Å². The van der Waals surface area contributed by atoms with Crippen molar-refractivity contribution in [2.45, 2.75) is 33.2 Å². The minimum atomic E-state index is -0.349. The highest BCUT2D eigenvalue weighted by Crippen LogP contribution is 2.29. The Morgan fingerprint density at radius 1 is 1.41 bits per heavy atom. The first-order valence-corrected chi connectivity index (χ1v) is 9.30. The maximum atomic E-state index is 14.1. The van der Waals surface area contributed by atoms with E-state index in [1.54, 1.807) is 18.2 Å². The van der Waals surface area contributed by atoms with E-state index in [-0.39, 0.29) is 5.82 Å². The van der Waals surface area contributed by atoms with Gasteiger partial charge in [-0.1, -0.05) is 32.6 Å². The summed E-state index contributed by atoms with van der Waals surface area (Å²) >= 11 is 0. The van der Waals surface area contributed by atoms with Gasteiger partial charge in [0.05, 0.1) is 11.5 Å². The van der Waals surface area contributed by atoms with E-state index in [2.05, 4.69) is 41.4 Å². The van der Waals surface area contributed by atoms with Gasteiger partial charge >= 0.3 is 0 Å². The Labute approximate surface area is 159 Å². The van der Waals surface area contributed by atoms with E-state index < -0.39 is 0 Å². The summed E-state index contributed by atoms with van der Waals surface area (Å²) in [6, 6.07) is 6.48. The third-order valence-electron chi connectivity index (χ3n) is 4.37. The summed E-state index contributed by atoms with van der Waals surface area (Å²) in [4.78, 5) is 4.49. The molecule has 0 bridgehead atoms. The lowest BCUT2D eigenvalue weighted by Gasteiger charge is -2.18. The third kappa shape index (κ3) is 4.87. The van der Waals surface area contributed by atoms with Gasteiger partial charge in [-0.15, -0.1) is 0 Å².